The predicted molar refractivity (Wildman–Crippen MR) is 164 cm³/mol. The average Bonchev–Trinajstić information content (AvgIpc) is 3.31. The van der Waals surface area contributed by atoms with Crippen molar-refractivity contribution in [2.24, 2.45) is 4.99 Å². The minimum atomic E-state index is -0.861. The van der Waals surface area contributed by atoms with Crippen molar-refractivity contribution in [3.05, 3.63) is 78.5 Å². The third-order valence-corrected chi connectivity index (χ3v) is 7.52. The number of thiazole rings is 1. The summed E-state index contributed by atoms with van der Waals surface area (Å²) in [5.74, 6) is 0.718. The highest BCUT2D eigenvalue weighted by Gasteiger charge is 2.34. The topological polar surface area (TPSA) is 124 Å². The number of hydrogen-bond donors (Lipinski definition) is 0. The average molecular weight is 625 g/mol. The van der Waals surface area contributed by atoms with Crippen LogP contribution in [0.4, 0.5) is 0 Å². The zero-order chi connectivity index (χ0) is 31.8. The molecule has 4 rings (SSSR count). The predicted octanol–water partition coefficient (Wildman–Crippen LogP) is 3.55. The van der Waals surface area contributed by atoms with E-state index < -0.39 is 18.0 Å². The van der Waals surface area contributed by atoms with Crippen LogP contribution in [0, 0.1) is 0 Å². The summed E-state index contributed by atoms with van der Waals surface area (Å²) in [7, 11) is 1.27. The molecule has 1 aliphatic heterocycles. The van der Waals surface area contributed by atoms with E-state index in [1.807, 2.05) is 39.0 Å². The summed E-state index contributed by atoms with van der Waals surface area (Å²) in [6, 6.07) is 9.66. The fourth-order valence-electron chi connectivity index (χ4n) is 4.69. The zero-order valence-corrected chi connectivity index (χ0v) is 26.4. The van der Waals surface area contributed by atoms with Gasteiger partial charge in [0.1, 0.15) is 0 Å². The molecule has 234 valence electrons. The van der Waals surface area contributed by atoms with Crippen LogP contribution < -0.4 is 33.8 Å². The van der Waals surface area contributed by atoms with Gasteiger partial charge in [-0.25, -0.2) is 14.6 Å². The van der Waals surface area contributed by atoms with E-state index in [4.69, 9.17) is 23.7 Å². The van der Waals surface area contributed by atoms with E-state index in [0.29, 0.717) is 63.4 Å². The summed E-state index contributed by atoms with van der Waals surface area (Å²) < 4.78 is 34.9. The number of benzene rings is 2. The first-order valence-corrected chi connectivity index (χ1v) is 15.1. The van der Waals surface area contributed by atoms with Gasteiger partial charge in [-0.3, -0.25) is 9.36 Å². The Balaban J connectivity index is 1.88. The Kier molecular flexibility index (Phi) is 10.8. The molecule has 2 heterocycles. The van der Waals surface area contributed by atoms with E-state index in [0.717, 1.165) is 5.56 Å². The number of nitrogens with zero attached hydrogens (tertiary/aromatic N) is 2. The highest BCUT2D eigenvalue weighted by molar-refractivity contribution is 7.07. The SMILES string of the molecule is CCOC(=O)C1=C(C)N=c2s/c(=C\c3ccc(OCC)c(OCC)c3)c(=O)n2[C@@H]1c1ccc(OCC(=O)OC)c(OCC)c1. The second-order valence-corrected chi connectivity index (χ2v) is 10.4. The van der Waals surface area contributed by atoms with Crippen molar-refractivity contribution in [2.75, 3.05) is 40.1 Å². The molecule has 0 radical (unpaired) electrons. The smallest absolute Gasteiger partial charge is 0.343 e. The highest BCUT2D eigenvalue weighted by Crippen LogP contribution is 2.36. The van der Waals surface area contributed by atoms with Crippen LogP contribution >= 0.6 is 11.3 Å². The van der Waals surface area contributed by atoms with Crippen molar-refractivity contribution in [3.8, 4) is 23.0 Å². The van der Waals surface area contributed by atoms with Gasteiger partial charge in [-0.05, 0) is 76.1 Å². The Morgan fingerprint density at radius 2 is 1.52 bits per heavy atom. The molecule has 12 heteroatoms. The summed E-state index contributed by atoms with van der Waals surface area (Å²) >= 11 is 1.21. The van der Waals surface area contributed by atoms with Gasteiger partial charge in [-0.1, -0.05) is 23.5 Å². The molecule has 0 saturated heterocycles. The molecular formula is C32H36N2O9S. The van der Waals surface area contributed by atoms with Crippen molar-refractivity contribution >= 4 is 29.4 Å². The van der Waals surface area contributed by atoms with Crippen LogP contribution in [0.5, 0.6) is 23.0 Å². The van der Waals surface area contributed by atoms with Crippen molar-refractivity contribution < 1.29 is 38.0 Å². The lowest BCUT2D eigenvalue weighted by molar-refractivity contribution is -0.143. The molecule has 0 bridgehead atoms. The van der Waals surface area contributed by atoms with Crippen LogP contribution in [0.2, 0.25) is 0 Å². The summed E-state index contributed by atoms with van der Waals surface area (Å²) in [5, 5.41) is 0. The van der Waals surface area contributed by atoms with Gasteiger partial charge in [-0.15, -0.1) is 0 Å². The molecule has 0 saturated carbocycles. The van der Waals surface area contributed by atoms with E-state index in [2.05, 4.69) is 9.73 Å². The van der Waals surface area contributed by atoms with E-state index in [-0.39, 0.29) is 24.3 Å². The Morgan fingerprint density at radius 1 is 0.886 bits per heavy atom. The van der Waals surface area contributed by atoms with E-state index in [9.17, 15) is 14.4 Å². The highest BCUT2D eigenvalue weighted by atomic mass is 32.1. The molecule has 2 aromatic carbocycles. The lowest BCUT2D eigenvalue weighted by Crippen LogP contribution is -2.40. The molecule has 1 atom stereocenters. The van der Waals surface area contributed by atoms with Crippen LogP contribution in [-0.4, -0.2) is 56.6 Å². The van der Waals surface area contributed by atoms with Gasteiger partial charge in [0.25, 0.3) is 5.56 Å². The van der Waals surface area contributed by atoms with Gasteiger partial charge in [0.2, 0.25) is 0 Å². The van der Waals surface area contributed by atoms with Gasteiger partial charge in [-0.2, -0.15) is 0 Å². The quantitative estimate of drug-likeness (QED) is 0.263. The van der Waals surface area contributed by atoms with Crippen molar-refractivity contribution in [3.63, 3.8) is 0 Å². The molecular weight excluding hydrogens is 588 g/mol. The second kappa shape index (κ2) is 14.7. The third kappa shape index (κ3) is 6.96. The minimum absolute atomic E-state index is 0.150. The minimum Gasteiger partial charge on any atom is -0.490 e. The Morgan fingerprint density at radius 3 is 2.18 bits per heavy atom. The number of fused-ring (bicyclic) bond motifs is 1. The lowest BCUT2D eigenvalue weighted by Gasteiger charge is -2.25. The molecule has 0 unspecified atom stereocenters. The fourth-order valence-corrected chi connectivity index (χ4v) is 5.74. The molecule has 0 N–H and O–H groups in total. The van der Waals surface area contributed by atoms with Gasteiger partial charge in [0, 0.05) is 0 Å². The van der Waals surface area contributed by atoms with E-state index in [1.54, 1.807) is 38.1 Å². The molecule has 3 aromatic rings. The van der Waals surface area contributed by atoms with Crippen LogP contribution in [-0.2, 0) is 19.1 Å². The molecule has 11 nitrogen and oxygen atoms in total. The summed E-state index contributed by atoms with van der Waals surface area (Å²) in [4.78, 5) is 44.1. The molecule has 1 aromatic heterocycles. The number of methoxy groups -OCH3 is 1. The fraction of sp³-hybridized carbons (Fsp3) is 0.375. The standard InChI is InChI=1S/C32H36N2O9S/c1-7-39-22-13-11-20(15-24(22)40-8-2)16-26-30(36)34-29(28(31(37)42-10-4)19(5)33-32(34)44-26)21-12-14-23(25(17-21)41-9-3)43-18-27(35)38-6/h11-17,29H,7-10,18H2,1-6H3/b26-16-/t29-/m1/s1. The van der Waals surface area contributed by atoms with Gasteiger partial charge >= 0.3 is 11.9 Å². The maximum atomic E-state index is 14.0. The van der Waals surface area contributed by atoms with Crippen LogP contribution in [0.15, 0.2) is 57.5 Å². The van der Waals surface area contributed by atoms with Gasteiger partial charge < -0.3 is 28.4 Å². The molecule has 0 fully saturated rings. The molecule has 0 amide bonds. The summed E-state index contributed by atoms with van der Waals surface area (Å²) in [5.41, 5.74) is 1.65. The summed E-state index contributed by atoms with van der Waals surface area (Å²) in [6.45, 7) is 10.1. The third-order valence-electron chi connectivity index (χ3n) is 6.54. The molecule has 0 spiro atoms. The number of rotatable bonds is 13. The van der Waals surface area contributed by atoms with Crippen LogP contribution in [0.1, 0.15) is 51.8 Å². The largest absolute Gasteiger partial charge is 0.490 e. The Bertz CT molecular complexity index is 1740. The molecule has 1 aliphatic rings. The second-order valence-electron chi connectivity index (χ2n) is 9.38. The molecule has 44 heavy (non-hydrogen) atoms. The molecule has 0 aliphatic carbocycles. The number of allylic oxidation sites excluding steroid dienone is 1. The maximum Gasteiger partial charge on any atom is 0.343 e. The Hall–Kier alpha value is -4.58. The number of aromatic nitrogens is 1. The lowest BCUT2D eigenvalue weighted by atomic mass is 9.95. The van der Waals surface area contributed by atoms with Crippen molar-refractivity contribution in [1.82, 2.24) is 4.57 Å². The number of esters is 2. The summed E-state index contributed by atoms with van der Waals surface area (Å²) in [6.07, 6.45) is 1.76. The number of carbonyl (C=O) groups excluding carboxylic acids is 2. The van der Waals surface area contributed by atoms with Gasteiger partial charge in [0.15, 0.2) is 34.4 Å². The monoisotopic (exact) mass is 624 g/mol. The normalized spacial score (nSPS) is 14.4. The van der Waals surface area contributed by atoms with E-state index in [1.165, 1.54) is 23.0 Å². The van der Waals surface area contributed by atoms with Crippen molar-refractivity contribution in [2.45, 2.75) is 40.7 Å². The number of ether oxygens (including phenoxy) is 6. The van der Waals surface area contributed by atoms with Crippen LogP contribution in [0.3, 0.4) is 0 Å². The van der Waals surface area contributed by atoms with Crippen LogP contribution in [0.25, 0.3) is 6.08 Å². The maximum absolute atomic E-state index is 14.0. The van der Waals surface area contributed by atoms with Crippen molar-refractivity contribution in [1.29, 1.82) is 0 Å². The van der Waals surface area contributed by atoms with E-state index >= 15 is 0 Å². The van der Waals surface area contributed by atoms with Gasteiger partial charge in [0.05, 0.1) is 55.4 Å². The number of carbonyl (C=O) groups is 2. The zero-order valence-electron chi connectivity index (χ0n) is 25.6. The first kappa shape index (κ1) is 32.3. The first-order chi connectivity index (χ1) is 21.3. The number of hydrogen-bond acceptors (Lipinski definition) is 11. The first-order valence-electron chi connectivity index (χ1n) is 14.3. The Labute approximate surface area is 258 Å².